The quantitative estimate of drug-likeness (QED) is 0.260. The number of nitro benzene ring substituents is 1. The second-order valence-corrected chi connectivity index (χ2v) is 7.41. The molecule has 2 heterocycles. The molecule has 1 saturated heterocycles. The molecular formula is C20H22N4O10. The smallest absolute Gasteiger partial charge is 0.317 e. The van der Waals surface area contributed by atoms with E-state index in [1.54, 1.807) is 12.1 Å². The lowest BCUT2D eigenvalue weighted by atomic mass is 10.0. The molecule has 0 amide bonds. The number of nitrogens with zero attached hydrogens (tertiary/aromatic N) is 3. The molecule has 14 nitrogen and oxygen atoms in total. The number of rotatable bonds is 9. The van der Waals surface area contributed by atoms with Gasteiger partial charge >= 0.3 is 11.7 Å². The topological polar surface area (TPSA) is 210 Å². The summed E-state index contributed by atoms with van der Waals surface area (Å²) in [7, 11) is 0. The number of benzene rings is 1. The lowest BCUT2D eigenvalue weighted by Gasteiger charge is -2.21. The lowest BCUT2D eigenvalue weighted by Crippen LogP contribution is -2.35. The van der Waals surface area contributed by atoms with Crippen molar-refractivity contribution in [3.63, 3.8) is 0 Å². The summed E-state index contributed by atoms with van der Waals surface area (Å²) in [6.45, 7) is 0.531. The number of nitro groups is 2. The molecule has 4 atom stereocenters. The normalized spacial score (nSPS) is 21.7. The number of aliphatic hydroxyl groups is 2. The molecule has 0 bridgehead atoms. The molecule has 0 aliphatic carbocycles. The molecule has 4 N–H and O–H groups in total. The first kappa shape index (κ1) is 24.8. The Balaban J connectivity index is 1.85. The monoisotopic (exact) mass is 478 g/mol. The standard InChI is InChI=1S/C20H22N4O10/c1-10(26)33-19-17(27)14(9-25)34-18(19)13-8-15(22-20(21)16(13)24(30)31)32-7-6-11-2-4-12(5-3-11)23(28)29/h2-5,8,14,17-19,25,27H,6-7,9H2,1H3,(H2,21,22)/t14-,17-,18+,19-/m1/s1. The minimum absolute atomic E-state index is 0.0543. The first-order chi connectivity index (χ1) is 16.1. The average molecular weight is 478 g/mol. The van der Waals surface area contributed by atoms with Gasteiger partial charge in [-0.15, -0.1) is 0 Å². The van der Waals surface area contributed by atoms with E-state index in [0.29, 0.717) is 6.42 Å². The molecule has 14 heteroatoms. The summed E-state index contributed by atoms with van der Waals surface area (Å²) in [4.78, 5) is 36.5. The number of esters is 1. The highest BCUT2D eigenvalue weighted by Crippen LogP contribution is 2.42. The van der Waals surface area contributed by atoms with Gasteiger partial charge in [0, 0.05) is 31.5 Å². The molecule has 34 heavy (non-hydrogen) atoms. The van der Waals surface area contributed by atoms with Crippen LogP contribution < -0.4 is 10.5 Å². The second-order valence-electron chi connectivity index (χ2n) is 7.41. The molecule has 182 valence electrons. The third-order valence-corrected chi connectivity index (χ3v) is 5.12. The van der Waals surface area contributed by atoms with E-state index in [4.69, 9.17) is 19.9 Å². The Morgan fingerprint density at radius 3 is 2.47 bits per heavy atom. The first-order valence-electron chi connectivity index (χ1n) is 10.0. The molecular weight excluding hydrogens is 456 g/mol. The lowest BCUT2D eigenvalue weighted by molar-refractivity contribution is -0.385. The molecule has 3 rings (SSSR count). The zero-order valence-electron chi connectivity index (χ0n) is 17.9. The first-order valence-corrected chi connectivity index (χ1v) is 10.0. The predicted molar refractivity (Wildman–Crippen MR) is 114 cm³/mol. The molecule has 1 aromatic carbocycles. The highest BCUT2D eigenvalue weighted by molar-refractivity contribution is 5.67. The molecule has 2 aromatic rings. The van der Waals surface area contributed by atoms with Crippen molar-refractivity contribution in [1.29, 1.82) is 0 Å². The SMILES string of the molecule is CC(=O)O[C@@H]1[C@H](O)[C@@H](CO)O[C@H]1c1cc(OCCc2ccc([N+](=O)[O-])cc2)nc(N)c1[N+](=O)[O-]. The highest BCUT2D eigenvalue weighted by Gasteiger charge is 2.49. The number of pyridine rings is 1. The van der Waals surface area contributed by atoms with Crippen LogP contribution in [-0.2, 0) is 20.7 Å². The maximum atomic E-state index is 11.7. The number of nitrogen functional groups attached to an aromatic ring is 1. The maximum Gasteiger partial charge on any atom is 0.317 e. The Morgan fingerprint density at radius 2 is 1.91 bits per heavy atom. The predicted octanol–water partition coefficient (Wildman–Crippen LogP) is 0.826. The Morgan fingerprint density at radius 1 is 1.24 bits per heavy atom. The van der Waals surface area contributed by atoms with Crippen LogP contribution in [0.15, 0.2) is 30.3 Å². The highest BCUT2D eigenvalue weighted by atomic mass is 16.6. The molecule has 1 aliphatic rings. The van der Waals surface area contributed by atoms with Crippen molar-refractivity contribution in [3.05, 3.63) is 61.7 Å². The van der Waals surface area contributed by atoms with Crippen molar-refractivity contribution in [3.8, 4) is 5.88 Å². The zero-order chi connectivity index (χ0) is 25.0. The van der Waals surface area contributed by atoms with Crippen LogP contribution in [0.4, 0.5) is 17.2 Å². The number of hydrogen-bond acceptors (Lipinski definition) is 12. The summed E-state index contributed by atoms with van der Waals surface area (Å²) in [6, 6.07) is 7.03. The van der Waals surface area contributed by atoms with Gasteiger partial charge < -0.3 is 30.2 Å². The van der Waals surface area contributed by atoms with Gasteiger partial charge in [-0.2, -0.15) is 4.98 Å². The number of hydrogen-bond donors (Lipinski definition) is 3. The van der Waals surface area contributed by atoms with E-state index < -0.39 is 58.3 Å². The number of carbonyl (C=O) groups is 1. The van der Waals surface area contributed by atoms with Gasteiger partial charge in [-0.3, -0.25) is 25.0 Å². The Kier molecular flexibility index (Phi) is 7.55. The van der Waals surface area contributed by atoms with Crippen LogP contribution in [0.3, 0.4) is 0 Å². The molecule has 0 radical (unpaired) electrons. The second kappa shape index (κ2) is 10.4. The summed E-state index contributed by atoms with van der Waals surface area (Å²) in [5.41, 5.74) is 5.72. The van der Waals surface area contributed by atoms with Gasteiger partial charge in [0.1, 0.15) is 18.3 Å². The van der Waals surface area contributed by atoms with E-state index >= 15 is 0 Å². The van der Waals surface area contributed by atoms with Gasteiger partial charge in [-0.05, 0) is 5.56 Å². The molecule has 0 spiro atoms. The molecule has 1 aromatic heterocycles. The fraction of sp³-hybridized carbons (Fsp3) is 0.400. The third kappa shape index (κ3) is 5.36. The van der Waals surface area contributed by atoms with E-state index in [1.165, 1.54) is 18.2 Å². The van der Waals surface area contributed by atoms with Crippen LogP contribution >= 0.6 is 0 Å². The van der Waals surface area contributed by atoms with E-state index in [9.17, 15) is 35.2 Å². The van der Waals surface area contributed by atoms with Crippen molar-refractivity contribution >= 4 is 23.2 Å². The summed E-state index contributed by atoms with van der Waals surface area (Å²) in [5, 5.41) is 42.2. The van der Waals surface area contributed by atoms with Gasteiger partial charge in [0.25, 0.3) is 5.69 Å². The van der Waals surface area contributed by atoms with E-state index in [2.05, 4.69) is 4.98 Å². The molecule has 1 fully saturated rings. The number of nitrogens with two attached hydrogens (primary N) is 1. The minimum Gasteiger partial charge on any atom is -0.477 e. The van der Waals surface area contributed by atoms with Crippen LogP contribution in [0.5, 0.6) is 5.88 Å². The van der Waals surface area contributed by atoms with Crippen molar-refractivity contribution in [1.82, 2.24) is 4.98 Å². The fourth-order valence-electron chi connectivity index (χ4n) is 3.56. The summed E-state index contributed by atoms with van der Waals surface area (Å²) in [6.07, 6.45) is -4.93. The Hall–Kier alpha value is -3.88. The molecule has 1 aliphatic heterocycles. The summed E-state index contributed by atoms with van der Waals surface area (Å²) >= 11 is 0. The van der Waals surface area contributed by atoms with Crippen LogP contribution in [0, 0.1) is 20.2 Å². The Bertz CT molecular complexity index is 1080. The van der Waals surface area contributed by atoms with Gasteiger partial charge in [0.15, 0.2) is 6.10 Å². The van der Waals surface area contributed by atoms with Crippen LogP contribution in [-0.4, -0.2) is 62.5 Å². The number of aromatic nitrogens is 1. The number of ether oxygens (including phenoxy) is 3. The van der Waals surface area contributed by atoms with Crippen molar-refractivity contribution < 1.29 is 39.1 Å². The van der Waals surface area contributed by atoms with Crippen LogP contribution in [0.2, 0.25) is 0 Å². The minimum atomic E-state index is -1.45. The zero-order valence-corrected chi connectivity index (χ0v) is 17.9. The molecule has 0 saturated carbocycles. The number of carbonyl (C=O) groups excluding carboxylic acids is 1. The largest absolute Gasteiger partial charge is 0.477 e. The molecule has 0 unspecified atom stereocenters. The van der Waals surface area contributed by atoms with Gasteiger partial charge in [-0.25, -0.2) is 0 Å². The van der Waals surface area contributed by atoms with Gasteiger partial charge in [0.05, 0.1) is 28.6 Å². The van der Waals surface area contributed by atoms with Crippen LogP contribution in [0.1, 0.15) is 24.2 Å². The third-order valence-electron chi connectivity index (χ3n) is 5.12. The number of anilines is 1. The van der Waals surface area contributed by atoms with Crippen molar-refractivity contribution in [2.45, 2.75) is 37.8 Å². The maximum absolute atomic E-state index is 11.7. The van der Waals surface area contributed by atoms with Crippen molar-refractivity contribution in [2.24, 2.45) is 0 Å². The average Bonchev–Trinajstić information content (AvgIpc) is 3.08. The fourth-order valence-corrected chi connectivity index (χ4v) is 3.56. The number of non-ortho nitro benzene ring substituents is 1. The van der Waals surface area contributed by atoms with E-state index in [-0.39, 0.29) is 23.7 Å². The Labute approximate surface area is 192 Å². The summed E-state index contributed by atoms with van der Waals surface area (Å²) in [5.74, 6) is -1.34. The van der Waals surface area contributed by atoms with Crippen molar-refractivity contribution in [2.75, 3.05) is 18.9 Å². The van der Waals surface area contributed by atoms with Crippen LogP contribution in [0.25, 0.3) is 0 Å². The van der Waals surface area contributed by atoms with Gasteiger partial charge in [0.2, 0.25) is 11.7 Å². The van der Waals surface area contributed by atoms with Gasteiger partial charge in [-0.1, -0.05) is 12.1 Å². The van der Waals surface area contributed by atoms with E-state index in [1.807, 2.05) is 0 Å². The number of aliphatic hydroxyl groups excluding tert-OH is 2. The van der Waals surface area contributed by atoms with E-state index in [0.717, 1.165) is 12.5 Å². The summed E-state index contributed by atoms with van der Waals surface area (Å²) < 4.78 is 16.2.